The van der Waals surface area contributed by atoms with E-state index in [1.54, 1.807) is 0 Å². The van der Waals surface area contributed by atoms with Crippen LogP contribution in [0.25, 0.3) is 22.3 Å². The first-order valence-electron chi connectivity index (χ1n) is 16.0. The third-order valence-electron chi connectivity index (χ3n) is 9.46. The van der Waals surface area contributed by atoms with E-state index < -0.39 is 0 Å². The largest absolute Gasteiger partial charge is 0.310 e. The van der Waals surface area contributed by atoms with Crippen LogP contribution in [0.15, 0.2) is 170 Å². The normalized spacial score (nSPS) is 12.2. The van der Waals surface area contributed by atoms with Gasteiger partial charge in [-0.15, -0.1) is 0 Å². The molecule has 0 aliphatic heterocycles. The molecule has 0 heterocycles. The van der Waals surface area contributed by atoms with Crippen molar-refractivity contribution in [3.8, 4) is 22.3 Å². The van der Waals surface area contributed by atoms with Crippen LogP contribution in [0.4, 0.5) is 34.1 Å². The average Bonchev–Trinajstić information content (AvgIpc) is 3.68. The van der Waals surface area contributed by atoms with Gasteiger partial charge in [0.05, 0.1) is 0 Å². The number of fused-ring (bicyclic) bond motifs is 6. The minimum atomic E-state index is 0.990. The van der Waals surface area contributed by atoms with Gasteiger partial charge in [-0.3, -0.25) is 0 Å². The van der Waals surface area contributed by atoms with Gasteiger partial charge in [0.2, 0.25) is 0 Å². The highest BCUT2D eigenvalue weighted by Crippen LogP contribution is 2.45. The van der Waals surface area contributed by atoms with Gasteiger partial charge in [0.25, 0.3) is 0 Å². The summed E-state index contributed by atoms with van der Waals surface area (Å²) in [4.78, 5) is 4.76. The Kier molecular flexibility index (Phi) is 6.31. The van der Waals surface area contributed by atoms with E-state index in [0.29, 0.717) is 0 Å². The fraction of sp³-hybridized carbons (Fsp3) is 0.0455. The third-order valence-corrected chi connectivity index (χ3v) is 9.46. The van der Waals surface area contributed by atoms with Gasteiger partial charge in [-0.25, -0.2) is 0 Å². The maximum absolute atomic E-state index is 2.38. The van der Waals surface area contributed by atoms with Crippen molar-refractivity contribution < 1.29 is 0 Å². The molecule has 0 unspecified atom stereocenters. The van der Waals surface area contributed by atoms with Gasteiger partial charge in [0.15, 0.2) is 0 Å². The molecule has 0 bridgehead atoms. The Hall–Kier alpha value is -5.86. The number of hydrogen-bond acceptors (Lipinski definition) is 2. The van der Waals surface area contributed by atoms with Crippen molar-refractivity contribution in [3.63, 3.8) is 0 Å². The summed E-state index contributed by atoms with van der Waals surface area (Å²) >= 11 is 0. The summed E-state index contributed by atoms with van der Waals surface area (Å²) in [5, 5.41) is 0. The zero-order valence-electron chi connectivity index (χ0n) is 25.5. The lowest BCUT2D eigenvalue weighted by molar-refractivity contribution is 1.23. The molecule has 0 aromatic heterocycles. The summed E-state index contributed by atoms with van der Waals surface area (Å²) in [5.41, 5.74) is 17.7. The molecule has 0 saturated carbocycles. The van der Waals surface area contributed by atoms with E-state index in [-0.39, 0.29) is 0 Å². The van der Waals surface area contributed by atoms with Crippen LogP contribution in [0.2, 0.25) is 0 Å². The summed E-state index contributed by atoms with van der Waals surface area (Å²) in [6.07, 6.45) is 1.98. The molecule has 0 amide bonds. The highest BCUT2D eigenvalue weighted by atomic mass is 15.2. The van der Waals surface area contributed by atoms with Gasteiger partial charge in [0.1, 0.15) is 0 Å². The van der Waals surface area contributed by atoms with Crippen molar-refractivity contribution in [2.45, 2.75) is 12.8 Å². The van der Waals surface area contributed by atoms with Crippen LogP contribution in [0, 0.1) is 0 Å². The molecule has 7 aromatic carbocycles. The smallest absolute Gasteiger partial charge is 0.0482 e. The van der Waals surface area contributed by atoms with E-state index in [2.05, 4.69) is 180 Å². The predicted molar refractivity (Wildman–Crippen MR) is 192 cm³/mol. The van der Waals surface area contributed by atoms with E-state index in [4.69, 9.17) is 0 Å². The zero-order chi connectivity index (χ0) is 30.5. The van der Waals surface area contributed by atoms with E-state index >= 15 is 0 Å². The van der Waals surface area contributed by atoms with Crippen LogP contribution >= 0.6 is 0 Å². The summed E-state index contributed by atoms with van der Waals surface area (Å²) in [7, 11) is 0. The molecule has 9 rings (SSSR count). The van der Waals surface area contributed by atoms with Gasteiger partial charge in [-0.1, -0.05) is 103 Å². The number of anilines is 6. The van der Waals surface area contributed by atoms with Crippen LogP contribution < -0.4 is 9.80 Å². The monoisotopic (exact) mass is 588 g/mol. The number of para-hydroxylation sites is 2. The zero-order valence-corrected chi connectivity index (χ0v) is 25.5. The maximum atomic E-state index is 2.38. The van der Waals surface area contributed by atoms with Gasteiger partial charge in [-0.05, 0) is 124 Å². The van der Waals surface area contributed by atoms with Gasteiger partial charge < -0.3 is 9.80 Å². The van der Waals surface area contributed by atoms with E-state index in [0.717, 1.165) is 47.0 Å². The molecule has 46 heavy (non-hydrogen) atoms. The lowest BCUT2D eigenvalue weighted by Crippen LogP contribution is -2.13. The lowest BCUT2D eigenvalue weighted by atomic mass is 10.0. The minimum Gasteiger partial charge on any atom is -0.310 e. The number of hydrogen-bond donors (Lipinski definition) is 0. The number of benzene rings is 7. The molecule has 0 radical (unpaired) electrons. The molecule has 2 heteroatoms. The molecule has 0 saturated heterocycles. The second-order valence-corrected chi connectivity index (χ2v) is 12.2. The summed E-state index contributed by atoms with van der Waals surface area (Å²) in [5.74, 6) is 0. The molecular formula is C44H32N2. The second kappa shape index (κ2) is 10.9. The Morgan fingerprint density at radius 3 is 1.11 bits per heavy atom. The van der Waals surface area contributed by atoms with Gasteiger partial charge >= 0.3 is 0 Å². The van der Waals surface area contributed by atoms with Crippen molar-refractivity contribution >= 4 is 34.1 Å². The minimum absolute atomic E-state index is 0.990. The quantitative estimate of drug-likeness (QED) is 0.191. The van der Waals surface area contributed by atoms with Crippen LogP contribution in [-0.4, -0.2) is 0 Å². The van der Waals surface area contributed by atoms with E-state index in [9.17, 15) is 0 Å². The Morgan fingerprint density at radius 1 is 0.261 bits per heavy atom. The molecule has 0 spiro atoms. The molecule has 7 aromatic rings. The second-order valence-electron chi connectivity index (χ2n) is 12.2. The Bertz CT molecular complexity index is 2060. The van der Waals surface area contributed by atoms with Crippen molar-refractivity contribution in [1.82, 2.24) is 0 Å². The Morgan fingerprint density at radius 2 is 0.630 bits per heavy atom. The topological polar surface area (TPSA) is 6.48 Å². The van der Waals surface area contributed by atoms with Crippen molar-refractivity contribution in [1.29, 1.82) is 0 Å². The van der Waals surface area contributed by atoms with Crippen LogP contribution in [0.1, 0.15) is 22.3 Å². The molecular weight excluding hydrogens is 556 g/mol. The van der Waals surface area contributed by atoms with Gasteiger partial charge in [0, 0.05) is 34.1 Å². The molecule has 0 N–H and O–H groups in total. The molecule has 2 nitrogen and oxygen atoms in total. The van der Waals surface area contributed by atoms with E-state index in [1.807, 2.05) is 0 Å². The highest BCUT2D eigenvalue weighted by Gasteiger charge is 2.23. The molecule has 2 aliphatic carbocycles. The molecule has 0 atom stereocenters. The Labute approximate surface area is 270 Å². The Balaban J connectivity index is 1.19. The maximum Gasteiger partial charge on any atom is 0.0482 e. The van der Waals surface area contributed by atoms with E-state index in [1.165, 1.54) is 44.5 Å². The molecule has 2 aliphatic rings. The first kappa shape index (κ1) is 26.5. The summed E-state index contributed by atoms with van der Waals surface area (Å²) in [6.45, 7) is 0. The summed E-state index contributed by atoms with van der Waals surface area (Å²) in [6, 6.07) is 61.9. The number of nitrogens with zero attached hydrogens (tertiary/aromatic N) is 2. The van der Waals surface area contributed by atoms with Crippen molar-refractivity contribution in [2.24, 2.45) is 0 Å². The molecule has 218 valence electrons. The number of rotatable bonds is 6. The fourth-order valence-corrected chi connectivity index (χ4v) is 7.32. The summed E-state index contributed by atoms with van der Waals surface area (Å²) < 4.78 is 0. The van der Waals surface area contributed by atoms with Crippen molar-refractivity contribution in [3.05, 3.63) is 192 Å². The van der Waals surface area contributed by atoms with Crippen molar-refractivity contribution in [2.75, 3.05) is 9.80 Å². The third kappa shape index (κ3) is 4.50. The SMILES string of the molecule is c1ccc(N(c2cccc(N(c3ccccc3)c3ccc4c(c3)-c3ccccc3C4)c2)c2ccc3c(c2)-c2ccccc2C3)cc1. The average molecular weight is 589 g/mol. The van der Waals surface area contributed by atoms with Crippen LogP contribution in [0.3, 0.4) is 0 Å². The molecule has 0 fully saturated rings. The van der Waals surface area contributed by atoms with Gasteiger partial charge in [-0.2, -0.15) is 0 Å². The van der Waals surface area contributed by atoms with Crippen LogP contribution in [-0.2, 0) is 12.8 Å². The fourth-order valence-electron chi connectivity index (χ4n) is 7.32. The standard InChI is InChI=1S/C44H32N2/c1-3-14-35(15-4-1)45(39-24-22-33-26-31-12-7-9-20-41(31)43(33)29-39)37-18-11-19-38(28-37)46(36-16-5-2-6-17-36)40-25-23-34-27-32-13-8-10-21-42(32)44(34)30-40/h1-25,28-30H,26-27H2. The van der Waals surface area contributed by atoms with Crippen LogP contribution in [0.5, 0.6) is 0 Å². The first-order chi connectivity index (χ1) is 22.8. The lowest BCUT2D eigenvalue weighted by Gasteiger charge is -2.30. The first-order valence-corrected chi connectivity index (χ1v) is 16.0. The highest BCUT2D eigenvalue weighted by molar-refractivity contribution is 5.88. The predicted octanol–water partition coefficient (Wildman–Crippen LogP) is 11.8.